The molecule has 1 unspecified atom stereocenters. The van der Waals surface area contributed by atoms with Gasteiger partial charge in [0.15, 0.2) is 17.1 Å². The van der Waals surface area contributed by atoms with Crippen molar-refractivity contribution in [3.63, 3.8) is 0 Å². The molecule has 0 radical (unpaired) electrons. The lowest BCUT2D eigenvalue weighted by atomic mass is 10.2. The molecule has 0 fully saturated rings. The molecule has 0 spiro atoms. The number of benzene rings is 2. The summed E-state index contributed by atoms with van der Waals surface area (Å²) in [5.41, 5.74) is 0.524. The standard InChI is InChI=1S/C22H25FN4O4S/c1-5-27-21(14(2)31-16-8-6-15(23)7-9-16)25-26-22(27)32-13-20(28)24-18-12-17(29-3)10-11-19(18)30-4/h6-12,14H,5,13H2,1-4H3,(H,24,28). The van der Waals surface area contributed by atoms with Crippen LogP contribution in [0.25, 0.3) is 0 Å². The van der Waals surface area contributed by atoms with Crippen molar-refractivity contribution in [2.75, 3.05) is 25.3 Å². The lowest BCUT2D eigenvalue weighted by Gasteiger charge is -2.15. The van der Waals surface area contributed by atoms with E-state index in [1.165, 1.54) is 31.0 Å². The summed E-state index contributed by atoms with van der Waals surface area (Å²) in [5, 5.41) is 11.9. The maximum atomic E-state index is 13.1. The Morgan fingerprint density at radius 2 is 1.84 bits per heavy atom. The zero-order chi connectivity index (χ0) is 23.1. The van der Waals surface area contributed by atoms with Gasteiger partial charge in [-0.2, -0.15) is 0 Å². The van der Waals surface area contributed by atoms with Crippen molar-refractivity contribution >= 4 is 23.4 Å². The van der Waals surface area contributed by atoms with Gasteiger partial charge >= 0.3 is 0 Å². The number of anilines is 1. The fourth-order valence-electron chi connectivity index (χ4n) is 3.00. The monoisotopic (exact) mass is 460 g/mol. The van der Waals surface area contributed by atoms with Crippen LogP contribution < -0.4 is 19.5 Å². The number of nitrogens with zero attached hydrogens (tertiary/aromatic N) is 3. The van der Waals surface area contributed by atoms with Crippen LogP contribution in [0.15, 0.2) is 47.6 Å². The van der Waals surface area contributed by atoms with Crippen molar-refractivity contribution in [2.45, 2.75) is 31.7 Å². The van der Waals surface area contributed by atoms with Crippen LogP contribution in [-0.4, -0.2) is 40.6 Å². The minimum absolute atomic E-state index is 0.131. The van der Waals surface area contributed by atoms with Gasteiger partial charge in [-0.05, 0) is 50.2 Å². The van der Waals surface area contributed by atoms with E-state index in [1.54, 1.807) is 37.4 Å². The first-order valence-corrected chi connectivity index (χ1v) is 10.9. The van der Waals surface area contributed by atoms with E-state index < -0.39 is 6.10 Å². The van der Waals surface area contributed by atoms with Crippen LogP contribution in [0.4, 0.5) is 10.1 Å². The van der Waals surface area contributed by atoms with Crippen LogP contribution in [0, 0.1) is 5.82 Å². The van der Waals surface area contributed by atoms with Crippen LogP contribution in [0.3, 0.4) is 0 Å². The van der Waals surface area contributed by atoms with Gasteiger partial charge < -0.3 is 24.1 Å². The number of hydrogen-bond donors (Lipinski definition) is 1. The Morgan fingerprint density at radius 3 is 2.50 bits per heavy atom. The maximum absolute atomic E-state index is 13.1. The summed E-state index contributed by atoms with van der Waals surface area (Å²) in [7, 11) is 3.09. The summed E-state index contributed by atoms with van der Waals surface area (Å²) in [5.74, 6) is 1.88. The Hall–Kier alpha value is -3.27. The van der Waals surface area contributed by atoms with Crippen LogP contribution in [0.2, 0.25) is 0 Å². The fraction of sp³-hybridized carbons (Fsp3) is 0.318. The number of hydrogen-bond acceptors (Lipinski definition) is 7. The smallest absolute Gasteiger partial charge is 0.234 e. The Bertz CT molecular complexity index is 1060. The van der Waals surface area contributed by atoms with Crippen molar-refractivity contribution in [1.29, 1.82) is 0 Å². The quantitative estimate of drug-likeness (QED) is 0.451. The molecule has 0 aliphatic rings. The molecule has 1 aromatic heterocycles. The fourth-order valence-corrected chi connectivity index (χ4v) is 3.81. The first kappa shape index (κ1) is 23.4. The molecule has 0 bridgehead atoms. The molecule has 3 aromatic rings. The third kappa shape index (κ3) is 5.70. The molecule has 8 nitrogen and oxygen atoms in total. The molecule has 1 heterocycles. The first-order chi connectivity index (χ1) is 15.4. The molecule has 170 valence electrons. The van der Waals surface area contributed by atoms with Crippen LogP contribution in [-0.2, 0) is 11.3 Å². The van der Waals surface area contributed by atoms with Crippen molar-refractivity contribution < 1.29 is 23.4 Å². The van der Waals surface area contributed by atoms with Crippen molar-refractivity contribution in [1.82, 2.24) is 14.8 Å². The molecule has 32 heavy (non-hydrogen) atoms. The Kier molecular flexibility index (Phi) is 7.93. The summed E-state index contributed by atoms with van der Waals surface area (Å²) in [6, 6.07) is 11.0. The zero-order valence-corrected chi connectivity index (χ0v) is 19.1. The summed E-state index contributed by atoms with van der Waals surface area (Å²) in [6.07, 6.45) is -0.405. The van der Waals surface area contributed by atoms with E-state index in [1.807, 2.05) is 18.4 Å². The Labute approximate surface area is 190 Å². The summed E-state index contributed by atoms with van der Waals surface area (Å²) in [6.45, 7) is 4.41. The van der Waals surface area contributed by atoms with Crippen LogP contribution >= 0.6 is 11.8 Å². The molecule has 0 saturated carbocycles. The number of nitrogens with one attached hydrogen (secondary N) is 1. The number of ether oxygens (including phenoxy) is 3. The van der Waals surface area contributed by atoms with Gasteiger partial charge in [0.25, 0.3) is 0 Å². The molecule has 1 N–H and O–H groups in total. The highest BCUT2D eigenvalue weighted by molar-refractivity contribution is 7.99. The maximum Gasteiger partial charge on any atom is 0.234 e. The Morgan fingerprint density at radius 1 is 1.12 bits per heavy atom. The second-order valence-electron chi connectivity index (χ2n) is 6.70. The molecule has 0 aliphatic heterocycles. The number of halogens is 1. The molecular weight excluding hydrogens is 435 g/mol. The summed E-state index contributed by atoms with van der Waals surface area (Å²) in [4.78, 5) is 12.5. The number of methoxy groups -OCH3 is 2. The summed E-state index contributed by atoms with van der Waals surface area (Å²) >= 11 is 1.27. The number of carbonyl (C=O) groups excluding carboxylic acids is 1. The minimum atomic E-state index is -0.405. The molecular formula is C22H25FN4O4S. The van der Waals surface area contributed by atoms with Gasteiger partial charge in [0.2, 0.25) is 5.91 Å². The molecule has 1 amide bonds. The number of carbonyl (C=O) groups is 1. The third-order valence-corrected chi connectivity index (χ3v) is 5.53. The highest BCUT2D eigenvalue weighted by atomic mass is 32.2. The molecule has 1 atom stereocenters. The van der Waals surface area contributed by atoms with E-state index >= 15 is 0 Å². The highest BCUT2D eigenvalue weighted by Gasteiger charge is 2.20. The van der Waals surface area contributed by atoms with E-state index in [4.69, 9.17) is 14.2 Å². The van der Waals surface area contributed by atoms with Gasteiger partial charge in [-0.15, -0.1) is 10.2 Å². The van der Waals surface area contributed by atoms with Crippen molar-refractivity contribution in [3.05, 3.63) is 54.1 Å². The number of thioether (sulfide) groups is 1. The predicted octanol–water partition coefficient (Wildman–Crippen LogP) is 4.33. The topological polar surface area (TPSA) is 87.5 Å². The molecule has 3 rings (SSSR count). The second kappa shape index (κ2) is 10.9. The number of aromatic nitrogens is 3. The van der Waals surface area contributed by atoms with Gasteiger partial charge in [0, 0.05) is 12.6 Å². The van der Waals surface area contributed by atoms with Crippen LogP contribution in [0.1, 0.15) is 25.8 Å². The van der Waals surface area contributed by atoms with Crippen molar-refractivity contribution in [2.24, 2.45) is 0 Å². The number of amides is 1. The van der Waals surface area contributed by atoms with Gasteiger partial charge in [-0.1, -0.05) is 11.8 Å². The highest BCUT2D eigenvalue weighted by Crippen LogP contribution is 2.29. The average molecular weight is 461 g/mol. The summed E-state index contributed by atoms with van der Waals surface area (Å²) < 4.78 is 31.3. The SMILES string of the molecule is CCn1c(SCC(=O)Nc2cc(OC)ccc2OC)nnc1C(C)Oc1ccc(F)cc1. The Balaban J connectivity index is 1.65. The lowest BCUT2D eigenvalue weighted by molar-refractivity contribution is -0.113. The van der Waals surface area contributed by atoms with E-state index in [2.05, 4.69) is 15.5 Å². The van der Waals surface area contributed by atoms with E-state index in [9.17, 15) is 9.18 Å². The van der Waals surface area contributed by atoms with Gasteiger partial charge in [-0.3, -0.25) is 4.79 Å². The largest absolute Gasteiger partial charge is 0.497 e. The third-order valence-electron chi connectivity index (χ3n) is 4.56. The van der Waals surface area contributed by atoms with E-state index in [-0.39, 0.29) is 17.5 Å². The first-order valence-electron chi connectivity index (χ1n) is 9.95. The van der Waals surface area contributed by atoms with Crippen LogP contribution in [0.5, 0.6) is 17.2 Å². The molecule has 10 heteroatoms. The lowest BCUT2D eigenvalue weighted by Crippen LogP contribution is -2.16. The molecule has 0 saturated heterocycles. The van der Waals surface area contributed by atoms with Crippen molar-refractivity contribution in [3.8, 4) is 17.2 Å². The van der Waals surface area contributed by atoms with Gasteiger partial charge in [0.1, 0.15) is 23.1 Å². The molecule has 0 aliphatic carbocycles. The average Bonchev–Trinajstić information content (AvgIpc) is 3.22. The number of rotatable bonds is 10. The van der Waals surface area contributed by atoms with Gasteiger partial charge in [-0.25, -0.2) is 4.39 Å². The van der Waals surface area contributed by atoms with E-state index in [0.29, 0.717) is 40.5 Å². The predicted molar refractivity (Wildman–Crippen MR) is 120 cm³/mol. The second-order valence-corrected chi connectivity index (χ2v) is 7.64. The zero-order valence-electron chi connectivity index (χ0n) is 18.3. The normalized spacial score (nSPS) is 11.7. The minimum Gasteiger partial charge on any atom is -0.497 e. The van der Waals surface area contributed by atoms with Gasteiger partial charge in [0.05, 0.1) is 25.7 Å². The molecule has 2 aromatic carbocycles. The van der Waals surface area contributed by atoms with E-state index in [0.717, 1.165) is 0 Å².